The van der Waals surface area contributed by atoms with Gasteiger partial charge in [0.15, 0.2) is 0 Å². The minimum atomic E-state index is 0.669. The van der Waals surface area contributed by atoms with Crippen LogP contribution in [0.4, 0.5) is 0 Å². The first-order chi connectivity index (χ1) is 6.70. The van der Waals surface area contributed by atoms with Crippen molar-refractivity contribution < 1.29 is 0 Å². The molecule has 0 bridgehead atoms. The van der Waals surface area contributed by atoms with Gasteiger partial charge in [-0.2, -0.15) is 0 Å². The third-order valence-electron chi connectivity index (χ3n) is 3.02. The van der Waals surface area contributed by atoms with Crippen LogP contribution < -0.4 is 0 Å². The van der Waals surface area contributed by atoms with Crippen LogP contribution in [0.3, 0.4) is 0 Å². The monoisotopic (exact) mass is 210 g/mol. The number of hydrogen-bond acceptors (Lipinski definition) is 2. The van der Waals surface area contributed by atoms with E-state index in [1.54, 1.807) is 0 Å². The molecule has 0 saturated carbocycles. The van der Waals surface area contributed by atoms with Crippen LogP contribution in [-0.4, -0.2) is 9.97 Å². The predicted molar refractivity (Wildman–Crippen MR) is 57.6 cm³/mol. The number of nitrogens with zero attached hydrogens (tertiary/aromatic N) is 2. The van der Waals surface area contributed by atoms with Crippen LogP contribution in [0.2, 0.25) is 5.15 Å². The van der Waals surface area contributed by atoms with E-state index in [1.165, 1.54) is 24.1 Å². The highest BCUT2D eigenvalue weighted by Crippen LogP contribution is 2.29. The first kappa shape index (κ1) is 9.91. The Hall–Kier alpha value is -0.630. The molecule has 2 rings (SSSR count). The number of rotatable bonds is 1. The summed E-state index contributed by atoms with van der Waals surface area (Å²) in [5.41, 5.74) is 2.36. The zero-order chi connectivity index (χ0) is 10.1. The van der Waals surface area contributed by atoms with Crippen molar-refractivity contribution in [1.82, 2.24) is 9.97 Å². The van der Waals surface area contributed by atoms with Crippen LogP contribution in [0.5, 0.6) is 0 Å². The summed E-state index contributed by atoms with van der Waals surface area (Å²) in [6, 6.07) is 0. The summed E-state index contributed by atoms with van der Waals surface area (Å²) in [5.74, 6) is 1.58. The highest BCUT2D eigenvalue weighted by molar-refractivity contribution is 6.30. The van der Waals surface area contributed by atoms with E-state index in [0.717, 1.165) is 24.6 Å². The minimum Gasteiger partial charge on any atom is -0.238 e. The first-order valence-electron chi connectivity index (χ1n) is 5.22. The van der Waals surface area contributed by atoms with Crippen LogP contribution >= 0.6 is 11.6 Å². The molecule has 1 unspecified atom stereocenters. The van der Waals surface area contributed by atoms with Gasteiger partial charge in [0.2, 0.25) is 0 Å². The third-order valence-corrected chi connectivity index (χ3v) is 3.33. The zero-order valence-electron chi connectivity index (χ0n) is 8.68. The van der Waals surface area contributed by atoms with Gasteiger partial charge < -0.3 is 0 Å². The topological polar surface area (TPSA) is 25.8 Å². The molecule has 0 spiro atoms. The van der Waals surface area contributed by atoms with Crippen molar-refractivity contribution in [2.24, 2.45) is 5.92 Å². The normalized spacial score (nSPS) is 20.6. The average Bonchev–Trinajstić information content (AvgIpc) is 2.16. The second-order valence-electron chi connectivity index (χ2n) is 4.00. The van der Waals surface area contributed by atoms with Gasteiger partial charge in [-0.3, -0.25) is 0 Å². The van der Waals surface area contributed by atoms with Gasteiger partial charge in [-0.25, -0.2) is 9.97 Å². The Morgan fingerprint density at radius 2 is 2.21 bits per heavy atom. The number of fused-ring (bicyclic) bond motifs is 1. The Morgan fingerprint density at radius 3 is 2.93 bits per heavy atom. The molecule has 1 aromatic heterocycles. The Balaban J connectivity index is 2.37. The van der Waals surface area contributed by atoms with Gasteiger partial charge in [0, 0.05) is 11.3 Å². The molecule has 1 heterocycles. The number of aromatic nitrogens is 2. The molecule has 0 radical (unpaired) electrons. The fourth-order valence-electron chi connectivity index (χ4n) is 2.11. The molecule has 0 saturated heterocycles. The van der Waals surface area contributed by atoms with Crippen LogP contribution in [0.1, 0.15) is 36.8 Å². The molecule has 0 fully saturated rings. The second-order valence-corrected chi connectivity index (χ2v) is 4.36. The van der Waals surface area contributed by atoms with Gasteiger partial charge in [0.1, 0.15) is 11.0 Å². The molecule has 0 aliphatic heterocycles. The summed E-state index contributed by atoms with van der Waals surface area (Å²) < 4.78 is 0. The van der Waals surface area contributed by atoms with E-state index >= 15 is 0 Å². The predicted octanol–water partition coefficient (Wildman–Crippen LogP) is 2.95. The molecule has 1 aliphatic carbocycles. The molecule has 14 heavy (non-hydrogen) atoms. The van der Waals surface area contributed by atoms with Crippen LogP contribution in [0.25, 0.3) is 0 Å². The van der Waals surface area contributed by atoms with Crippen molar-refractivity contribution in [2.45, 2.75) is 39.5 Å². The molecule has 3 heteroatoms. The maximum atomic E-state index is 6.09. The zero-order valence-corrected chi connectivity index (χ0v) is 9.43. The third kappa shape index (κ3) is 1.76. The van der Waals surface area contributed by atoms with Crippen LogP contribution in [-0.2, 0) is 12.8 Å². The lowest BCUT2D eigenvalue weighted by Gasteiger charge is -2.23. The van der Waals surface area contributed by atoms with E-state index in [4.69, 9.17) is 11.6 Å². The molecular formula is C11H15ClN2. The number of aryl methyl sites for hydroxylation is 1. The molecule has 1 aromatic rings. The Kier molecular flexibility index (Phi) is 2.73. The van der Waals surface area contributed by atoms with E-state index in [1.807, 2.05) is 6.92 Å². The van der Waals surface area contributed by atoms with Gasteiger partial charge in [-0.15, -0.1) is 0 Å². The molecular weight excluding hydrogens is 196 g/mol. The molecule has 0 aromatic carbocycles. The van der Waals surface area contributed by atoms with E-state index in [9.17, 15) is 0 Å². The molecule has 2 nitrogen and oxygen atoms in total. The van der Waals surface area contributed by atoms with Crippen LogP contribution in [0, 0.1) is 12.8 Å². The van der Waals surface area contributed by atoms with Gasteiger partial charge in [0.25, 0.3) is 0 Å². The largest absolute Gasteiger partial charge is 0.238 e. The van der Waals surface area contributed by atoms with Crippen molar-refractivity contribution >= 4 is 11.6 Å². The fraction of sp³-hybridized carbons (Fsp3) is 0.636. The number of hydrogen-bond donors (Lipinski definition) is 0. The fourth-order valence-corrected chi connectivity index (χ4v) is 2.43. The van der Waals surface area contributed by atoms with Gasteiger partial charge in [0.05, 0.1) is 0 Å². The summed E-state index contributed by atoms with van der Waals surface area (Å²) in [6.45, 7) is 4.15. The van der Waals surface area contributed by atoms with E-state index in [-0.39, 0.29) is 0 Å². The van der Waals surface area contributed by atoms with Gasteiger partial charge >= 0.3 is 0 Å². The highest BCUT2D eigenvalue weighted by atomic mass is 35.5. The minimum absolute atomic E-state index is 0.669. The van der Waals surface area contributed by atoms with Crippen molar-refractivity contribution in [2.75, 3.05) is 0 Å². The van der Waals surface area contributed by atoms with Gasteiger partial charge in [-0.05, 0) is 32.1 Å². The standard InChI is InChI=1S/C11H15ClN2/c1-3-8-4-5-9-10(6-8)13-7(2)14-11(9)12/h8H,3-6H2,1-2H3. The van der Waals surface area contributed by atoms with E-state index in [0.29, 0.717) is 5.15 Å². The van der Waals surface area contributed by atoms with Gasteiger partial charge in [-0.1, -0.05) is 24.9 Å². The van der Waals surface area contributed by atoms with E-state index < -0.39 is 0 Å². The number of halogens is 1. The average molecular weight is 211 g/mol. The van der Waals surface area contributed by atoms with E-state index in [2.05, 4.69) is 16.9 Å². The summed E-state index contributed by atoms with van der Waals surface area (Å²) in [5, 5.41) is 0.669. The summed E-state index contributed by atoms with van der Waals surface area (Å²) in [4.78, 5) is 8.67. The first-order valence-corrected chi connectivity index (χ1v) is 5.60. The Bertz CT molecular complexity index is 349. The molecule has 1 aliphatic rings. The SMILES string of the molecule is CCC1CCc2c(Cl)nc(C)nc2C1. The smallest absolute Gasteiger partial charge is 0.136 e. The van der Waals surface area contributed by atoms with Crippen molar-refractivity contribution in [1.29, 1.82) is 0 Å². The molecule has 0 amide bonds. The quantitative estimate of drug-likeness (QED) is 0.667. The van der Waals surface area contributed by atoms with Crippen molar-refractivity contribution in [3.05, 3.63) is 22.2 Å². The highest BCUT2D eigenvalue weighted by Gasteiger charge is 2.21. The maximum absolute atomic E-state index is 6.09. The maximum Gasteiger partial charge on any atom is 0.136 e. The summed E-state index contributed by atoms with van der Waals surface area (Å²) in [6.07, 6.45) is 4.59. The lowest BCUT2D eigenvalue weighted by molar-refractivity contribution is 0.436. The molecule has 76 valence electrons. The lowest BCUT2D eigenvalue weighted by Crippen LogP contribution is -2.16. The van der Waals surface area contributed by atoms with Crippen molar-refractivity contribution in [3.63, 3.8) is 0 Å². The lowest BCUT2D eigenvalue weighted by atomic mass is 9.86. The van der Waals surface area contributed by atoms with Crippen molar-refractivity contribution in [3.8, 4) is 0 Å². The Labute approximate surface area is 89.7 Å². The Morgan fingerprint density at radius 1 is 1.43 bits per heavy atom. The molecule has 1 atom stereocenters. The van der Waals surface area contributed by atoms with Crippen LogP contribution in [0.15, 0.2) is 0 Å². The molecule has 0 N–H and O–H groups in total. The summed E-state index contributed by atoms with van der Waals surface area (Å²) in [7, 11) is 0. The summed E-state index contributed by atoms with van der Waals surface area (Å²) >= 11 is 6.09. The second kappa shape index (κ2) is 3.85.